The minimum absolute atomic E-state index is 0.125. The van der Waals surface area contributed by atoms with Gasteiger partial charge in [0.25, 0.3) is 5.91 Å². The van der Waals surface area contributed by atoms with Gasteiger partial charge in [-0.1, -0.05) is 18.2 Å². The Bertz CT molecular complexity index is 918. The molecule has 0 bridgehead atoms. The maximum Gasteiger partial charge on any atom is 0.291 e. The highest BCUT2D eigenvalue weighted by Crippen LogP contribution is 2.17. The lowest BCUT2D eigenvalue weighted by Gasteiger charge is -2.16. The van der Waals surface area contributed by atoms with E-state index in [0.717, 1.165) is 16.9 Å². The minimum atomic E-state index is -0.423. The summed E-state index contributed by atoms with van der Waals surface area (Å²) in [6, 6.07) is 17.6. The zero-order valence-electron chi connectivity index (χ0n) is 15.2. The molecule has 2 aromatic carbocycles. The first-order valence-corrected chi connectivity index (χ1v) is 8.61. The van der Waals surface area contributed by atoms with Crippen LogP contribution in [0.5, 0.6) is 0 Å². The Morgan fingerprint density at radius 2 is 1.59 bits per heavy atom. The molecule has 27 heavy (non-hydrogen) atoms. The number of aryl methyl sites for hydroxylation is 1. The predicted molar refractivity (Wildman–Crippen MR) is 106 cm³/mol. The van der Waals surface area contributed by atoms with Crippen LogP contribution in [0.25, 0.3) is 0 Å². The van der Waals surface area contributed by atoms with Gasteiger partial charge in [0.2, 0.25) is 5.91 Å². The Labute approximate surface area is 157 Å². The maximum absolute atomic E-state index is 12.4. The van der Waals surface area contributed by atoms with Gasteiger partial charge in [-0.15, -0.1) is 0 Å². The Balaban J connectivity index is 1.56. The second-order valence-electron chi connectivity index (χ2n) is 6.18. The number of rotatable bonds is 6. The molecule has 1 aromatic heterocycles. The summed E-state index contributed by atoms with van der Waals surface area (Å²) in [5, 5.41) is 8.81. The smallest absolute Gasteiger partial charge is 0.291 e. The number of benzene rings is 2. The molecule has 6 nitrogen and oxygen atoms in total. The van der Waals surface area contributed by atoms with Crippen LogP contribution in [0.15, 0.2) is 71.3 Å². The van der Waals surface area contributed by atoms with Gasteiger partial charge in [0, 0.05) is 17.1 Å². The van der Waals surface area contributed by atoms with E-state index in [1.165, 1.54) is 6.26 Å². The largest absolute Gasteiger partial charge is 0.459 e. The van der Waals surface area contributed by atoms with Gasteiger partial charge >= 0.3 is 0 Å². The fourth-order valence-corrected chi connectivity index (χ4v) is 2.52. The average molecular weight is 363 g/mol. The first kappa shape index (κ1) is 18.3. The van der Waals surface area contributed by atoms with E-state index in [1.54, 1.807) is 43.3 Å². The van der Waals surface area contributed by atoms with Crippen molar-refractivity contribution >= 4 is 28.9 Å². The fourth-order valence-electron chi connectivity index (χ4n) is 2.52. The highest BCUT2D eigenvalue weighted by molar-refractivity contribution is 6.02. The van der Waals surface area contributed by atoms with Crippen molar-refractivity contribution in [2.75, 3.05) is 16.0 Å². The highest BCUT2D eigenvalue weighted by Gasteiger charge is 2.14. The average Bonchev–Trinajstić information content (AvgIpc) is 3.20. The molecule has 1 heterocycles. The Morgan fingerprint density at radius 1 is 0.889 bits per heavy atom. The van der Waals surface area contributed by atoms with E-state index in [2.05, 4.69) is 16.0 Å². The number of hydrogen-bond donors (Lipinski definition) is 3. The van der Waals surface area contributed by atoms with Gasteiger partial charge in [-0.25, -0.2) is 0 Å². The second-order valence-corrected chi connectivity index (χ2v) is 6.18. The zero-order valence-corrected chi connectivity index (χ0v) is 15.2. The number of nitrogens with one attached hydrogen (secondary N) is 3. The topological polar surface area (TPSA) is 83.4 Å². The fraction of sp³-hybridized carbons (Fsp3) is 0.143. The molecule has 0 fully saturated rings. The molecule has 0 aliphatic heterocycles. The van der Waals surface area contributed by atoms with Gasteiger partial charge in [-0.3, -0.25) is 9.59 Å². The molecule has 3 rings (SSSR count). The molecule has 138 valence electrons. The Hall–Kier alpha value is -3.54. The molecule has 0 radical (unpaired) electrons. The summed E-state index contributed by atoms with van der Waals surface area (Å²) < 4.78 is 5.06. The van der Waals surface area contributed by atoms with Crippen molar-refractivity contribution in [3.05, 3.63) is 78.3 Å². The molecule has 2 amide bonds. The van der Waals surface area contributed by atoms with Crippen LogP contribution in [0.2, 0.25) is 0 Å². The first-order valence-electron chi connectivity index (χ1n) is 8.61. The number of furan rings is 1. The van der Waals surface area contributed by atoms with Crippen molar-refractivity contribution in [1.82, 2.24) is 0 Å². The van der Waals surface area contributed by atoms with Gasteiger partial charge in [-0.2, -0.15) is 0 Å². The van der Waals surface area contributed by atoms with Crippen LogP contribution in [0.4, 0.5) is 17.1 Å². The molecule has 3 N–H and O–H groups in total. The summed E-state index contributed by atoms with van der Waals surface area (Å²) in [4.78, 5) is 24.3. The van der Waals surface area contributed by atoms with Crippen LogP contribution >= 0.6 is 0 Å². The summed E-state index contributed by atoms with van der Waals surface area (Å²) >= 11 is 0. The molecule has 0 aliphatic rings. The lowest BCUT2D eigenvalue weighted by molar-refractivity contribution is -0.116. The third kappa shape index (κ3) is 4.76. The van der Waals surface area contributed by atoms with Crippen LogP contribution in [0, 0.1) is 6.92 Å². The number of carbonyl (C=O) groups excluding carboxylic acids is 2. The number of anilines is 3. The number of hydrogen-bond acceptors (Lipinski definition) is 4. The molecule has 6 heteroatoms. The van der Waals surface area contributed by atoms with E-state index in [-0.39, 0.29) is 17.6 Å². The van der Waals surface area contributed by atoms with Crippen LogP contribution in [-0.4, -0.2) is 17.9 Å². The van der Waals surface area contributed by atoms with Gasteiger partial charge in [0.05, 0.1) is 6.26 Å². The number of carbonyl (C=O) groups is 2. The molecule has 0 saturated heterocycles. The molecule has 0 spiro atoms. The van der Waals surface area contributed by atoms with Crippen LogP contribution < -0.4 is 16.0 Å². The van der Waals surface area contributed by atoms with Crippen LogP contribution in [-0.2, 0) is 4.79 Å². The summed E-state index contributed by atoms with van der Waals surface area (Å²) in [5.74, 6) is -0.190. The molecular weight excluding hydrogens is 342 g/mol. The van der Waals surface area contributed by atoms with E-state index >= 15 is 0 Å². The second kappa shape index (κ2) is 8.23. The molecule has 1 unspecified atom stereocenters. The molecule has 0 saturated carbocycles. The number of para-hydroxylation sites is 1. The van der Waals surface area contributed by atoms with Crippen molar-refractivity contribution in [2.45, 2.75) is 19.9 Å². The van der Waals surface area contributed by atoms with E-state index < -0.39 is 6.04 Å². The van der Waals surface area contributed by atoms with Gasteiger partial charge in [-0.05, 0) is 61.9 Å². The van der Waals surface area contributed by atoms with Crippen LogP contribution in [0.1, 0.15) is 23.0 Å². The minimum Gasteiger partial charge on any atom is -0.459 e. The highest BCUT2D eigenvalue weighted by atomic mass is 16.3. The van der Waals surface area contributed by atoms with E-state index in [4.69, 9.17) is 4.42 Å². The third-order valence-electron chi connectivity index (χ3n) is 4.07. The molecule has 0 aliphatic carbocycles. The lowest BCUT2D eigenvalue weighted by Crippen LogP contribution is -2.32. The first-order chi connectivity index (χ1) is 13.0. The van der Waals surface area contributed by atoms with E-state index in [1.807, 2.05) is 31.2 Å². The SMILES string of the molecule is Cc1ccccc1NC(=O)C(C)Nc1ccc(NC(=O)c2ccco2)cc1. The zero-order chi connectivity index (χ0) is 19.2. The Morgan fingerprint density at radius 3 is 2.26 bits per heavy atom. The standard InChI is InChI=1S/C21H21N3O3/c1-14-6-3-4-7-18(14)24-20(25)15(2)22-16-9-11-17(12-10-16)23-21(26)19-8-5-13-27-19/h3-13,15,22H,1-2H3,(H,23,26)(H,24,25). The van der Waals surface area contributed by atoms with Crippen LogP contribution in [0.3, 0.4) is 0 Å². The monoisotopic (exact) mass is 363 g/mol. The van der Waals surface area contributed by atoms with Gasteiger partial charge in [0.1, 0.15) is 6.04 Å². The van der Waals surface area contributed by atoms with Crippen molar-refractivity contribution < 1.29 is 14.0 Å². The summed E-state index contributed by atoms with van der Waals surface area (Å²) in [6.07, 6.45) is 1.45. The quantitative estimate of drug-likeness (QED) is 0.610. The van der Waals surface area contributed by atoms with Crippen molar-refractivity contribution in [2.24, 2.45) is 0 Å². The molecular formula is C21H21N3O3. The van der Waals surface area contributed by atoms with Gasteiger partial charge < -0.3 is 20.4 Å². The van der Waals surface area contributed by atoms with Crippen molar-refractivity contribution in [3.8, 4) is 0 Å². The predicted octanol–water partition coefficient (Wildman–Crippen LogP) is 4.28. The number of amides is 2. The van der Waals surface area contributed by atoms with E-state index in [9.17, 15) is 9.59 Å². The summed E-state index contributed by atoms with van der Waals surface area (Å²) in [5.41, 5.74) is 3.22. The summed E-state index contributed by atoms with van der Waals surface area (Å²) in [7, 11) is 0. The summed E-state index contributed by atoms with van der Waals surface area (Å²) in [6.45, 7) is 3.74. The third-order valence-corrected chi connectivity index (χ3v) is 4.07. The molecule has 1 atom stereocenters. The maximum atomic E-state index is 12.4. The lowest BCUT2D eigenvalue weighted by atomic mass is 10.2. The van der Waals surface area contributed by atoms with Crippen molar-refractivity contribution in [1.29, 1.82) is 0 Å². The molecule has 3 aromatic rings. The van der Waals surface area contributed by atoms with Gasteiger partial charge in [0.15, 0.2) is 5.76 Å². The van der Waals surface area contributed by atoms with E-state index in [0.29, 0.717) is 5.69 Å². The Kier molecular flexibility index (Phi) is 5.56. The normalized spacial score (nSPS) is 11.5. The van der Waals surface area contributed by atoms with Crippen molar-refractivity contribution in [3.63, 3.8) is 0 Å².